The number of carbonyl (C=O) groups excluding carboxylic acids is 2. The number of carbonyl (C=O) groups is 2. The zero-order chi connectivity index (χ0) is 30.9. The first-order valence-corrected chi connectivity index (χ1v) is 16.3. The minimum Gasteiger partial charge on any atom is -0.506 e. The molecule has 0 aliphatic carbocycles. The summed E-state index contributed by atoms with van der Waals surface area (Å²) in [6.45, 7) is 8.73. The lowest BCUT2D eigenvalue weighted by molar-refractivity contribution is -0.145. The summed E-state index contributed by atoms with van der Waals surface area (Å²) in [5.41, 5.74) is 2.04. The van der Waals surface area contributed by atoms with Crippen LogP contribution in [0.5, 0.6) is 5.75 Å². The molecule has 2 aromatic carbocycles. The molecule has 1 heterocycles. The van der Waals surface area contributed by atoms with Crippen molar-refractivity contribution >= 4 is 33.3 Å². The first kappa shape index (κ1) is 33.2. The van der Waals surface area contributed by atoms with Gasteiger partial charge in [-0.05, 0) is 86.5 Å². The number of aliphatic hydroxyl groups is 1. The van der Waals surface area contributed by atoms with Crippen molar-refractivity contribution < 1.29 is 33.0 Å². The van der Waals surface area contributed by atoms with E-state index in [0.29, 0.717) is 30.0 Å². The third-order valence-electron chi connectivity index (χ3n) is 7.16. The smallest absolute Gasteiger partial charge is 0.328 e. The van der Waals surface area contributed by atoms with Gasteiger partial charge in [0.05, 0.1) is 24.7 Å². The van der Waals surface area contributed by atoms with Gasteiger partial charge in [-0.25, -0.2) is 13.2 Å². The fourth-order valence-corrected chi connectivity index (χ4v) is 5.54. The van der Waals surface area contributed by atoms with Crippen LogP contribution in [0.3, 0.4) is 0 Å². The zero-order valence-electron chi connectivity index (χ0n) is 24.8. The highest BCUT2D eigenvalue weighted by atomic mass is 32.2. The topological polar surface area (TPSA) is 157 Å². The SMILES string of the molecule is CCOC(=O)[C@H](CC(C)C)NC(=O)c1ccc(N2CCC(CNC[C@H](O)c3ccc(O)c(NS(C)(=O)=O)c3)CC2)cc1. The Kier molecular flexibility index (Phi) is 12.0. The van der Waals surface area contributed by atoms with Crippen LogP contribution in [0.15, 0.2) is 42.5 Å². The van der Waals surface area contributed by atoms with Gasteiger partial charge in [-0.15, -0.1) is 0 Å². The molecular weight excluding hydrogens is 560 g/mol. The predicted molar refractivity (Wildman–Crippen MR) is 163 cm³/mol. The maximum atomic E-state index is 12.8. The fraction of sp³-hybridized carbons (Fsp3) is 0.533. The van der Waals surface area contributed by atoms with Gasteiger partial charge in [0.2, 0.25) is 10.0 Å². The first-order chi connectivity index (χ1) is 19.9. The molecule has 42 heavy (non-hydrogen) atoms. The van der Waals surface area contributed by atoms with Crippen LogP contribution in [-0.2, 0) is 19.6 Å². The minimum absolute atomic E-state index is 0.0297. The van der Waals surface area contributed by atoms with E-state index >= 15 is 0 Å². The van der Waals surface area contributed by atoms with Gasteiger partial charge in [-0.1, -0.05) is 19.9 Å². The Bertz CT molecular complexity index is 1290. The van der Waals surface area contributed by atoms with E-state index in [0.717, 1.165) is 44.4 Å². The average Bonchev–Trinajstić information content (AvgIpc) is 2.93. The molecule has 3 rings (SSSR count). The van der Waals surface area contributed by atoms with E-state index in [9.17, 15) is 28.2 Å². The number of hydrogen-bond donors (Lipinski definition) is 5. The number of aliphatic hydroxyl groups excluding tert-OH is 1. The second-order valence-electron chi connectivity index (χ2n) is 11.2. The molecule has 232 valence electrons. The van der Waals surface area contributed by atoms with Crippen molar-refractivity contribution in [3.63, 3.8) is 0 Å². The van der Waals surface area contributed by atoms with Crippen LogP contribution in [0.2, 0.25) is 0 Å². The van der Waals surface area contributed by atoms with Crippen molar-refractivity contribution in [2.75, 3.05) is 48.7 Å². The van der Waals surface area contributed by atoms with Gasteiger partial charge >= 0.3 is 5.97 Å². The number of hydrogen-bond acceptors (Lipinski definition) is 9. The van der Waals surface area contributed by atoms with Crippen molar-refractivity contribution in [2.24, 2.45) is 11.8 Å². The third-order valence-corrected chi connectivity index (χ3v) is 7.75. The second-order valence-corrected chi connectivity index (χ2v) is 13.0. The quantitative estimate of drug-likeness (QED) is 0.162. The molecule has 5 N–H and O–H groups in total. The maximum Gasteiger partial charge on any atom is 0.328 e. The van der Waals surface area contributed by atoms with Gasteiger partial charge in [0, 0.05) is 30.9 Å². The van der Waals surface area contributed by atoms with Crippen LogP contribution >= 0.6 is 0 Å². The highest BCUT2D eigenvalue weighted by Crippen LogP contribution is 2.28. The molecule has 1 aliphatic heterocycles. The Morgan fingerprint density at radius 3 is 2.36 bits per heavy atom. The lowest BCUT2D eigenvalue weighted by atomic mass is 9.96. The summed E-state index contributed by atoms with van der Waals surface area (Å²) < 4.78 is 30.4. The summed E-state index contributed by atoms with van der Waals surface area (Å²) in [4.78, 5) is 27.4. The van der Waals surface area contributed by atoms with Crippen LogP contribution in [0.4, 0.5) is 11.4 Å². The largest absolute Gasteiger partial charge is 0.506 e. The highest BCUT2D eigenvalue weighted by molar-refractivity contribution is 7.92. The number of ether oxygens (including phenoxy) is 1. The van der Waals surface area contributed by atoms with Gasteiger partial charge < -0.3 is 30.5 Å². The number of aromatic hydroxyl groups is 1. The lowest BCUT2D eigenvalue weighted by Gasteiger charge is -2.34. The molecule has 0 unspecified atom stereocenters. The molecule has 12 heteroatoms. The Hall–Kier alpha value is -3.35. The molecular formula is C30H44N4O7S. The van der Waals surface area contributed by atoms with Crippen molar-refractivity contribution in [3.05, 3.63) is 53.6 Å². The summed E-state index contributed by atoms with van der Waals surface area (Å²) in [5.74, 6) is -0.273. The molecule has 0 aromatic heterocycles. The molecule has 0 radical (unpaired) electrons. The zero-order valence-corrected chi connectivity index (χ0v) is 25.6. The summed E-state index contributed by atoms with van der Waals surface area (Å²) in [6, 6.07) is 11.1. The first-order valence-electron chi connectivity index (χ1n) is 14.4. The number of phenols is 1. The Balaban J connectivity index is 1.45. The number of rotatable bonds is 14. The van der Waals surface area contributed by atoms with Crippen LogP contribution in [0.1, 0.15) is 62.1 Å². The second kappa shape index (κ2) is 15.2. The number of nitrogens with one attached hydrogen (secondary N) is 3. The van der Waals surface area contributed by atoms with Crippen molar-refractivity contribution in [2.45, 2.75) is 52.2 Å². The van der Waals surface area contributed by atoms with Crippen molar-refractivity contribution in [3.8, 4) is 5.75 Å². The minimum atomic E-state index is -3.56. The van der Waals surface area contributed by atoms with Gasteiger partial charge in [0.1, 0.15) is 11.8 Å². The monoisotopic (exact) mass is 604 g/mol. The van der Waals surface area contributed by atoms with E-state index in [4.69, 9.17) is 4.74 Å². The summed E-state index contributed by atoms with van der Waals surface area (Å²) in [6.07, 6.45) is 2.56. The Morgan fingerprint density at radius 2 is 1.76 bits per heavy atom. The number of anilines is 2. The van der Waals surface area contributed by atoms with Crippen molar-refractivity contribution in [1.29, 1.82) is 0 Å². The van der Waals surface area contributed by atoms with Crippen LogP contribution in [-0.4, -0.2) is 75.6 Å². The third kappa shape index (κ3) is 10.2. The normalized spacial score (nSPS) is 15.7. The summed E-state index contributed by atoms with van der Waals surface area (Å²) in [7, 11) is -3.56. The molecule has 2 atom stereocenters. The van der Waals surface area contributed by atoms with Gasteiger partial charge in [0.15, 0.2) is 0 Å². The number of piperidine rings is 1. The fourth-order valence-electron chi connectivity index (χ4n) is 4.97. The Morgan fingerprint density at radius 1 is 1.10 bits per heavy atom. The molecule has 0 spiro atoms. The van der Waals surface area contributed by atoms with E-state index in [1.165, 1.54) is 12.1 Å². The molecule has 1 aliphatic rings. The van der Waals surface area contributed by atoms with E-state index in [-0.39, 0.29) is 29.9 Å². The molecule has 1 fully saturated rings. The van der Waals surface area contributed by atoms with Gasteiger partial charge in [-0.2, -0.15) is 0 Å². The number of amides is 1. The molecule has 1 saturated heterocycles. The maximum absolute atomic E-state index is 12.8. The highest BCUT2D eigenvalue weighted by Gasteiger charge is 2.24. The number of sulfonamides is 1. The molecule has 2 aromatic rings. The van der Waals surface area contributed by atoms with Gasteiger partial charge in [-0.3, -0.25) is 9.52 Å². The van der Waals surface area contributed by atoms with Gasteiger partial charge in [0.25, 0.3) is 5.91 Å². The number of esters is 1. The number of phenolic OH excluding ortho intramolecular Hbond substituents is 1. The van der Waals surface area contributed by atoms with E-state index in [1.54, 1.807) is 25.1 Å². The van der Waals surface area contributed by atoms with E-state index in [2.05, 4.69) is 20.3 Å². The average molecular weight is 605 g/mol. The van der Waals surface area contributed by atoms with Crippen LogP contribution in [0, 0.1) is 11.8 Å². The van der Waals surface area contributed by atoms with E-state index in [1.807, 2.05) is 26.0 Å². The van der Waals surface area contributed by atoms with E-state index < -0.39 is 28.1 Å². The molecule has 11 nitrogen and oxygen atoms in total. The molecule has 0 bridgehead atoms. The summed E-state index contributed by atoms with van der Waals surface area (Å²) in [5, 5.41) is 26.6. The van der Waals surface area contributed by atoms with Crippen molar-refractivity contribution in [1.82, 2.24) is 10.6 Å². The summed E-state index contributed by atoms with van der Waals surface area (Å²) >= 11 is 0. The standard InChI is InChI=1S/C30H44N4O7S/c1-5-41-30(38)26(16-20(2)3)32-29(37)22-6-9-24(10-7-22)34-14-12-21(13-15-34)18-31-19-28(36)23-8-11-27(35)25(17-23)33-42(4,39)40/h6-11,17,20-21,26,28,31,33,35-36H,5,12-16,18-19H2,1-4H3,(H,32,37)/t26-,28-/m0/s1. The molecule has 0 saturated carbocycles. The van der Waals surface area contributed by atoms with Crippen LogP contribution in [0.25, 0.3) is 0 Å². The Labute approximate surface area is 248 Å². The number of nitrogens with zero attached hydrogens (tertiary/aromatic N) is 1. The predicted octanol–water partition coefficient (Wildman–Crippen LogP) is 3.01. The lowest BCUT2D eigenvalue weighted by Crippen LogP contribution is -2.42. The number of benzene rings is 2. The molecule has 1 amide bonds. The van der Waals surface area contributed by atoms with Crippen LogP contribution < -0.4 is 20.3 Å².